The van der Waals surface area contributed by atoms with Gasteiger partial charge >= 0.3 is 12.0 Å². The van der Waals surface area contributed by atoms with Gasteiger partial charge in [0.05, 0.1) is 12.4 Å². The van der Waals surface area contributed by atoms with E-state index in [2.05, 4.69) is 10.6 Å². The molecule has 0 aromatic heterocycles. The van der Waals surface area contributed by atoms with Gasteiger partial charge in [0.1, 0.15) is 5.75 Å². The number of thioether (sulfide) groups is 1. The number of hydrogen-bond donors (Lipinski definition) is 2. The van der Waals surface area contributed by atoms with Crippen molar-refractivity contribution in [1.82, 2.24) is 10.6 Å². The number of carbonyl (C=O) groups excluding carboxylic acids is 3. The molecule has 1 aromatic rings. The van der Waals surface area contributed by atoms with Crippen LogP contribution in [0.2, 0.25) is 0 Å². The maximum Gasteiger partial charge on any atom is 0.321 e. The molecule has 8 heteroatoms. The van der Waals surface area contributed by atoms with E-state index in [1.807, 2.05) is 31.2 Å². The Kier molecular flexibility index (Phi) is 8.44. The molecule has 1 saturated carbocycles. The lowest BCUT2D eigenvalue weighted by Crippen LogP contribution is -2.47. The van der Waals surface area contributed by atoms with Gasteiger partial charge < -0.3 is 14.8 Å². The monoisotopic (exact) mass is 394 g/mol. The Morgan fingerprint density at radius 1 is 1.19 bits per heavy atom. The molecule has 0 radical (unpaired) electrons. The quantitative estimate of drug-likeness (QED) is 0.520. The number of ether oxygens (including phenoxy) is 2. The summed E-state index contributed by atoms with van der Waals surface area (Å²) in [6, 6.07) is 6.94. The first kappa shape index (κ1) is 21.1. The van der Waals surface area contributed by atoms with Gasteiger partial charge in [0.2, 0.25) is 0 Å². The molecule has 2 N–H and O–H groups in total. The smallest absolute Gasteiger partial charge is 0.321 e. The van der Waals surface area contributed by atoms with Gasteiger partial charge in [-0.3, -0.25) is 14.9 Å². The highest BCUT2D eigenvalue weighted by atomic mass is 32.2. The number of esters is 1. The zero-order valence-corrected chi connectivity index (χ0v) is 16.5. The van der Waals surface area contributed by atoms with Crippen LogP contribution in [0, 0.1) is 0 Å². The van der Waals surface area contributed by atoms with Crippen LogP contribution < -0.4 is 15.4 Å². The van der Waals surface area contributed by atoms with E-state index < -0.39 is 24.0 Å². The standard InChI is InChI=1S/C19H26N2O5S/c1-3-25-15-8-10-16(11-9-15)27-12-17(22)26-13(2)18(23)21-19(24)20-14-6-4-5-7-14/h8-11,13-14H,3-7,12H2,1-2H3,(H2,20,21,23,24)/t13-/m0/s1. The Morgan fingerprint density at radius 2 is 1.85 bits per heavy atom. The van der Waals surface area contributed by atoms with Crippen LogP contribution in [0.5, 0.6) is 5.75 Å². The van der Waals surface area contributed by atoms with Crippen molar-refractivity contribution in [2.75, 3.05) is 12.4 Å². The van der Waals surface area contributed by atoms with Crippen LogP contribution in [-0.4, -0.2) is 42.4 Å². The molecule has 3 amide bonds. The normalized spacial score (nSPS) is 15.0. The molecule has 7 nitrogen and oxygen atoms in total. The largest absolute Gasteiger partial charge is 0.494 e. The summed E-state index contributed by atoms with van der Waals surface area (Å²) in [5, 5.41) is 4.97. The molecule has 0 saturated heterocycles. The highest BCUT2D eigenvalue weighted by Gasteiger charge is 2.22. The summed E-state index contributed by atoms with van der Waals surface area (Å²) in [6.45, 7) is 3.95. The third-order valence-corrected chi connectivity index (χ3v) is 5.08. The minimum Gasteiger partial charge on any atom is -0.494 e. The van der Waals surface area contributed by atoms with Gasteiger partial charge in [0.15, 0.2) is 6.10 Å². The van der Waals surface area contributed by atoms with E-state index in [1.165, 1.54) is 18.7 Å². The maximum absolute atomic E-state index is 12.0. The number of carbonyl (C=O) groups is 3. The Labute approximate surface area is 163 Å². The fraction of sp³-hybridized carbons (Fsp3) is 0.526. The molecular weight excluding hydrogens is 368 g/mol. The third kappa shape index (κ3) is 7.50. The van der Waals surface area contributed by atoms with E-state index >= 15 is 0 Å². The Morgan fingerprint density at radius 3 is 2.48 bits per heavy atom. The van der Waals surface area contributed by atoms with E-state index in [9.17, 15) is 14.4 Å². The van der Waals surface area contributed by atoms with Gasteiger partial charge in [-0.2, -0.15) is 0 Å². The van der Waals surface area contributed by atoms with Crippen molar-refractivity contribution in [3.63, 3.8) is 0 Å². The van der Waals surface area contributed by atoms with Crippen LogP contribution in [0.1, 0.15) is 39.5 Å². The van der Waals surface area contributed by atoms with Crippen LogP contribution in [0.3, 0.4) is 0 Å². The highest BCUT2D eigenvalue weighted by Crippen LogP contribution is 2.21. The maximum atomic E-state index is 12.0. The van der Waals surface area contributed by atoms with E-state index in [0.29, 0.717) is 6.61 Å². The van der Waals surface area contributed by atoms with Gasteiger partial charge in [-0.15, -0.1) is 11.8 Å². The molecule has 1 aliphatic rings. The summed E-state index contributed by atoms with van der Waals surface area (Å²) in [5.74, 6) is -0.317. The second kappa shape index (κ2) is 10.8. The number of urea groups is 1. The van der Waals surface area contributed by atoms with Gasteiger partial charge in [-0.1, -0.05) is 12.8 Å². The molecule has 0 aliphatic heterocycles. The van der Waals surface area contributed by atoms with Crippen molar-refractivity contribution in [1.29, 1.82) is 0 Å². The van der Waals surface area contributed by atoms with Crippen molar-refractivity contribution < 1.29 is 23.9 Å². The minimum absolute atomic E-state index is 0.0693. The number of rotatable bonds is 8. The summed E-state index contributed by atoms with van der Waals surface area (Å²) >= 11 is 1.30. The highest BCUT2D eigenvalue weighted by molar-refractivity contribution is 8.00. The van der Waals surface area contributed by atoms with E-state index in [4.69, 9.17) is 9.47 Å². The van der Waals surface area contributed by atoms with Crippen molar-refractivity contribution in [2.24, 2.45) is 0 Å². The fourth-order valence-electron chi connectivity index (χ4n) is 2.73. The molecule has 2 rings (SSSR count). The number of hydrogen-bond acceptors (Lipinski definition) is 6. The van der Waals surface area contributed by atoms with Crippen LogP contribution in [-0.2, 0) is 14.3 Å². The SMILES string of the molecule is CCOc1ccc(SCC(=O)O[C@@H](C)C(=O)NC(=O)NC2CCCC2)cc1. The second-order valence-corrected chi connectivity index (χ2v) is 7.32. The number of amides is 3. The fourth-order valence-corrected chi connectivity index (χ4v) is 3.41. The molecule has 0 bridgehead atoms. The van der Waals surface area contributed by atoms with Gasteiger partial charge in [-0.25, -0.2) is 4.79 Å². The molecular formula is C19H26N2O5S. The van der Waals surface area contributed by atoms with Gasteiger partial charge in [0.25, 0.3) is 5.91 Å². The summed E-state index contributed by atoms with van der Waals surface area (Å²) in [4.78, 5) is 36.6. The van der Waals surface area contributed by atoms with Gasteiger partial charge in [0, 0.05) is 10.9 Å². The molecule has 148 valence electrons. The molecule has 0 unspecified atom stereocenters. The van der Waals surface area contributed by atoms with Crippen molar-refractivity contribution >= 4 is 29.7 Å². The molecule has 1 atom stereocenters. The topological polar surface area (TPSA) is 93.7 Å². The molecule has 1 aliphatic carbocycles. The second-order valence-electron chi connectivity index (χ2n) is 6.27. The van der Waals surface area contributed by atoms with Crippen LogP contribution in [0.25, 0.3) is 0 Å². The number of nitrogens with one attached hydrogen (secondary N) is 2. The third-order valence-electron chi connectivity index (χ3n) is 4.10. The predicted octanol–water partition coefficient (Wildman–Crippen LogP) is 2.88. The lowest BCUT2D eigenvalue weighted by molar-refractivity contribution is -0.151. The van der Waals surface area contributed by atoms with Crippen LogP contribution >= 0.6 is 11.8 Å². The first-order chi connectivity index (χ1) is 13.0. The Hall–Kier alpha value is -2.22. The van der Waals surface area contributed by atoms with Crippen molar-refractivity contribution in [2.45, 2.75) is 56.6 Å². The first-order valence-electron chi connectivity index (χ1n) is 9.14. The van der Waals surface area contributed by atoms with Gasteiger partial charge in [-0.05, 0) is 51.0 Å². The lowest BCUT2D eigenvalue weighted by atomic mass is 10.2. The molecule has 0 spiro atoms. The van der Waals surface area contributed by atoms with E-state index in [-0.39, 0.29) is 11.8 Å². The average molecular weight is 394 g/mol. The van der Waals surface area contributed by atoms with Crippen LogP contribution in [0.15, 0.2) is 29.2 Å². The van der Waals surface area contributed by atoms with Crippen molar-refractivity contribution in [3.05, 3.63) is 24.3 Å². The summed E-state index contributed by atoms with van der Waals surface area (Å²) in [6.07, 6.45) is 2.98. The summed E-state index contributed by atoms with van der Waals surface area (Å²) < 4.78 is 10.5. The van der Waals surface area contributed by atoms with E-state index in [0.717, 1.165) is 36.3 Å². The van der Waals surface area contributed by atoms with E-state index in [1.54, 1.807) is 0 Å². The Balaban J connectivity index is 1.68. The molecule has 1 fully saturated rings. The minimum atomic E-state index is -1.03. The molecule has 1 aromatic carbocycles. The molecule has 27 heavy (non-hydrogen) atoms. The first-order valence-corrected chi connectivity index (χ1v) is 10.1. The number of imide groups is 1. The van der Waals surface area contributed by atoms with Crippen molar-refractivity contribution in [3.8, 4) is 5.75 Å². The predicted molar refractivity (Wildman–Crippen MR) is 103 cm³/mol. The zero-order valence-electron chi connectivity index (χ0n) is 15.7. The zero-order chi connectivity index (χ0) is 19.6. The Bertz CT molecular complexity index is 644. The molecule has 0 heterocycles. The van der Waals surface area contributed by atoms with Crippen LogP contribution in [0.4, 0.5) is 4.79 Å². The summed E-state index contributed by atoms with van der Waals surface area (Å²) in [5.41, 5.74) is 0. The average Bonchev–Trinajstić information content (AvgIpc) is 3.14. The number of benzene rings is 1. The lowest BCUT2D eigenvalue weighted by Gasteiger charge is -2.15. The summed E-state index contributed by atoms with van der Waals surface area (Å²) in [7, 11) is 0.